The van der Waals surface area contributed by atoms with Crippen molar-refractivity contribution >= 4 is 0 Å². The molecule has 8 heavy (non-hydrogen) atoms. The molecule has 0 aromatic heterocycles. The van der Waals surface area contributed by atoms with Crippen molar-refractivity contribution in [2.45, 2.75) is 6.42 Å². The Balaban J connectivity index is -0.0000000833. The smallest absolute Gasteiger partial charge is 1.00 e. The molecule has 0 atom stereocenters. The molecule has 47 valence electrons. The molecule has 1 aliphatic rings. The van der Waals surface area contributed by atoms with Gasteiger partial charge in [-0.3, -0.25) is 6.08 Å². The zero-order valence-corrected chi connectivity index (χ0v) is 10.1. The van der Waals surface area contributed by atoms with Gasteiger partial charge >= 0.3 is 19.5 Å². The van der Waals surface area contributed by atoms with Crippen molar-refractivity contribution in [3.8, 4) is 0 Å². The van der Waals surface area contributed by atoms with E-state index in [-0.39, 0.29) is 67.4 Å². The Kier molecular flexibility index (Phi) is 23.1. The number of rotatable bonds is 0. The molecule has 0 saturated carbocycles. The maximum atomic E-state index is 2.99. The van der Waals surface area contributed by atoms with Crippen molar-refractivity contribution < 1.29 is 67.4 Å². The van der Waals surface area contributed by atoms with E-state index >= 15 is 0 Å². The van der Waals surface area contributed by atoms with Crippen LogP contribution in [0.15, 0.2) is 18.2 Å². The van der Waals surface area contributed by atoms with E-state index in [2.05, 4.69) is 12.2 Å². The fourth-order valence-electron chi connectivity index (χ4n) is 0.340. The number of hydrogen-bond donors (Lipinski definition) is 0. The van der Waals surface area contributed by atoms with Gasteiger partial charge in [0.15, 0.2) is 0 Å². The van der Waals surface area contributed by atoms with Crippen molar-refractivity contribution in [2.24, 2.45) is 0 Å². The summed E-state index contributed by atoms with van der Waals surface area (Å²) in [4.78, 5) is 0. The summed E-state index contributed by atoms with van der Waals surface area (Å²) < 4.78 is 0. The van der Waals surface area contributed by atoms with Crippen molar-refractivity contribution in [2.75, 3.05) is 0 Å². The largest absolute Gasteiger partial charge is 3.00 e. The summed E-state index contributed by atoms with van der Waals surface area (Å²) in [6, 6.07) is 0. The molecule has 0 unspecified atom stereocenters. The van der Waals surface area contributed by atoms with Gasteiger partial charge in [0.2, 0.25) is 0 Å². The molecule has 0 saturated heterocycles. The van der Waals surface area contributed by atoms with Gasteiger partial charge in [-0.25, -0.2) is 12.2 Å². The third-order valence-corrected chi connectivity index (χ3v) is 0.586. The van der Waals surface area contributed by atoms with Crippen LogP contribution in [0.4, 0.5) is 0 Å². The van der Waals surface area contributed by atoms with Crippen molar-refractivity contribution in [3.05, 3.63) is 24.3 Å². The van der Waals surface area contributed by atoms with Crippen LogP contribution in [0, 0.1) is 6.08 Å². The summed E-state index contributed by atoms with van der Waals surface area (Å²) in [6.45, 7) is 0. The summed E-state index contributed by atoms with van der Waals surface area (Å²) in [7, 11) is 0. The van der Waals surface area contributed by atoms with Crippen LogP contribution in [0.1, 0.15) is 6.42 Å². The average molecular weight is 420 g/mol. The molecule has 0 heterocycles. The number of halogens is 2. The molecule has 0 aromatic rings. The topological polar surface area (TPSA) is 0 Å². The second-order valence-corrected chi connectivity index (χ2v) is 1.00. The predicted molar refractivity (Wildman–Crippen MR) is 21.6 cm³/mol. The van der Waals surface area contributed by atoms with E-state index in [0.717, 1.165) is 6.42 Å². The minimum atomic E-state index is 0. The summed E-state index contributed by atoms with van der Waals surface area (Å²) in [5.74, 6) is 0. The van der Waals surface area contributed by atoms with E-state index in [9.17, 15) is 0 Å². The van der Waals surface area contributed by atoms with Crippen LogP contribution in [-0.2, 0) is 19.5 Å². The fourth-order valence-corrected chi connectivity index (χ4v) is 0.340. The second kappa shape index (κ2) is 11.4. The van der Waals surface area contributed by atoms with Crippen LogP contribution in [0.2, 0.25) is 0 Å². The zero-order valence-electron chi connectivity index (χ0n) is 4.05. The molecule has 0 aromatic carbocycles. The Morgan fingerprint density at radius 2 is 1.88 bits per heavy atom. The molecule has 1 radical (unpaired) electrons. The Bertz CT molecular complexity index is 68.5. The van der Waals surface area contributed by atoms with E-state index in [1.54, 1.807) is 0 Å². The van der Waals surface area contributed by atoms with Gasteiger partial charge in [0, 0.05) is 0 Å². The van der Waals surface area contributed by atoms with E-state index in [1.807, 2.05) is 12.2 Å². The van der Waals surface area contributed by atoms with Crippen LogP contribution in [0.5, 0.6) is 0 Å². The SMILES string of the molecule is [C-]1=CC=CC1.[I-].[I-].[Ru+3]. The van der Waals surface area contributed by atoms with E-state index in [0.29, 0.717) is 0 Å². The van der Waals surface area contributed by atoms with Gasteiger partial charge in [-0.15, -0.1) is 6.42 Å². The molecule has 3 heteroatoms. The first-order chi connectivity index (χ1) is 2.50. The molecule has 0 fully saturated rings. The summed E-state index contributed by atoms with van der Waals surface area (Å²) >= 11 is 0. The zero-order chi connectivity index (χ0) is 3.54. The van der Waals surface area contributed by atoms with Crippen LogP contribution < -0.4 is 48.0 Å². The van der Waals surface area contributed by atoms with Crippen LogP contribution in [0.25, 0.3) is 0 Å². The maximum absolute atomic E-state index is 2.99. The standard InChI is InChI=1S/C5H5.2HI.Ru/c1-2-4-5-3-1;;;/h1-3H,4H2;2*1H;/q-1;;;+3/p-2. The summed E-state index contributed by atoms with van der Waals surface area (Å²) in [6.07, 6.45) is 10.0. The van der Waals surface area contributed by atoms with Crippen LogP contribution in [0.3, 0.4) is 0 Å². The van der Waals surface area contributed by atoms with Crippen LogP contribution in [-0.4, -0.2) is 0 Å². The van der Waals surface area contributed by atoms with Gasteiger partial charge in [0.25, 0.3) is 0 Å². The Labute approximate surface area is 97.0 Å². The molecule has 1 aliphatic carbocycles. The summed E-state index contributed by atoms with van der Waals surface area (Å²) in [5, 5.41) is 0. The quantitative estimate of drug-likeness (QED) is 0.210. The van der Waals surface area contributed by atoms with E-state index in [4.69, 9.17) is 0 Å². The fraction of sp³-hybridized carbons (Fsp3) is 0.200. The molecule has 0 amide bonds. The van der Waals surface area contributed by atoms with E-state index < -0.39 is 0 Å². The molecule has 0 N–H and O–H groups in total. The molecule has 0 bridgehead atoms. The van der Waals surface area contributed by atoms with Crippen molar-refractivity contribution in [3.63, 3.8) is 0 Å². The van der Waals surface area contributed by atoms with Gasteiger partial charge in [0.1, 0.15) is 0 Å². The maximum Gasteiger partial charge on any atom is 3.00 e. The molecule has 0 nitrogen and oxygen atoms in total. The number of allylic oxidation sites excluding steroid dienone is 4. The van der Waals surface area contributed by atoms with Crippen LogP contribution >= 0.6 is 0 Å². The van der Waals surface area contributed by atoms with Gasteiger partial charge < -0.3 is 48.0 Å². The van der Waals surface area contributed by atoms with Crippen molar-refractivity contribution in [1.82, 2.24) is 0 Å². The first-order valence-corrected chi connectivity index (χ1v) is 1.72. The first kappa shape index (κ1) is 16.3. The Morgan fingerprint density at radius 1 is 1.25 bits per heavy atom. The second-order valence-electron chi connectivity index (χ2n) is 1.00. The molecular weight excluding hydrogens is 415 g/mol. The van der Waals surface area contributed by atoms with Gasteiger partial charge in [-0.05, 0) is 0 Å². The molecule has 0 aliphatic heterocycles. The summed E-state index contributed by atoms with van der Waals surface area (Å²) in [5.41, 5.74) is 0. The minimum Gasteiger partial charge on any atom is -1.00 e. The van der Waals surface area contributed by atoms with Gasteiger partial charge in [0.05, 0.1) is 0 Å². The van der Waals surface area contributed by atoms with Crippen molar-refractivity contribution in [1.29, 1.82) is 0 Å². The number of hydrogen-bond acceptors (Lipinski definition) is 0. The molecule has 0 spiro atoms. The third kappa shape index (κ3) is 7.56. The van der Waals surface area contributed by atoms with E-state index in [1.165, 1.54) is 0 Å². The molecular formula is C5H5I2Ru. The Morgan fingerprint density at radius 3 is 2.00 bits per heavy atom. The normalized spacial score (nSPS) is 11.0. The van der Waals surface area contributed by atoms with Gasteiger partial charge in [-0.1, -0.05) is 0 Å². The minimum absolute atomic E-state index is 0. The predicted octanol–water partition coefficient (Wildman–Crippen LogP) is -4.69. The average Bonchev–Trinajstić information content (AvgIpc) is 1.76. The first-order valence-electron chi connectivity index (χ1n) is 1.72. The third-order valence-electron chi connectivity index (χ3n) is 0.586. The Hall–Kier alpha value is 1.56. The molecule has 1 rings (SSSR count). The monoisotopic (exact) mass is 421 g/mol. The van der Waals surface area contributed by atoms with Gasteiger partial charge in [-0.2, -0.15) is 6.08 Å².